The van der Waals surface area contributed by atoms with Gasteiger partial charge in [0, 0.05) is 22.3 Å². The van der Waals surface area contributed by atoms with Crippen LogP contribution in [0.3, 0.4) is 0 Å². The van der Waals surface area contributed by atoms with E-state index in [0.29, 0.717) is 0 Å². The van der Waals surface area contributed by atoms with Gasteiger partial charge < -0.3 is 4.57 Å². The monoisotopic (exact) mass is 425 g/mol. The Kier molecular flexibility index (Phi) is 5.08. The van der Waals surface area contributed by atoms with Gasteiger partial charge in [0.2, 0.25) is 0 Å². The third-order valence-corrected chi connectivity index (χ3v) is 9.35. The van der Waals surface area contributed by atoms with Crippen molar-refractivity contribution in [1.82, 2.24) is 4.98 Å². The molecule has 0 bridgehead atoms. The van der Waals surface area contributed by atoms with E-state index >= 15 is 0 Å². The quantitative estimate of drug-likeness (QED) is 0.347. The van der Waals surface area contributed by atoms with Crippen LogP contribution in [0.15, 0.2) is 109 Å². The molecule has 4 heteroatoms. The Hall–Kier alpha value is -3.00. The van der Waals surface area contributed by atoms with Gasteiger partial charge in [0.1, 0.15) is 0 Å². The Bertz CT molecular complexity index is 1250. The Morgan fingerprint density at radius 3 is 1.77 bits per heavy atom. The lowest BCUT2D eigenvalue weighted by Crippen LogP contribution is -2.24. The number of fused-ring (bicyclic) bond motifs is 1. The first kappa shape index (κ1) is 19.0. The molecule has 0 amide bonds. The standard InChI is InChI=1S/C26H20NOPS/c28-29(21-9-3-1-4-10-21,22-11-5-2-6-12-22)23-17-15-20(16-18-23)19-26-27-24-13-7-8-14-25(24)30-26/h1-18H,19H2. The molecule has 1 heterocycles. The van der Waals surface area contributed by atoms with Gasteiger partial charge in [-0.25, -0.2) is 4.98 Å². The minimum Gasteiger partial charge on any atom is -0.309 e. The van der Waals surface area contributed by atoms with Crippen molar-refractivity contribution in [2.75, 3.05) is 0 Å². The van der Waals surface area contributed by atoms with Crippen LogP contribution in [-0.4, -0.2) is 4.98 Å². The van der Waals surface area contributed by atoms with E-state index < -0.39 is 7.14 Å². The van der Waals surface area contributed by atoms with Crippen LogP contribution in [0.1, 0.15) is 10.6 Å². The first-order chi connectivity index (χ1) is 14.7. The lowest BCUT2D eigenvalue weighted by Gasteiger charge is -2.20. The Morgan fingerprint density at radius 2 is 1.17 bits per heavy atom. The van der Waals surface area contributed by atoms with Crippen LogP contribution in [-0.2, 0) is 11.0 Å². The van der Waals surface area contributed by atoms with Gasteiger partial charge in [-0.3, -0.25) is 0 Å². The van der Waals surface area contributed by atoms with E-state index in [9.17, 15) is 4.57 Å². The zero-order chi connectivity index (χ0) is 20.4. The van der Waals surface area contributed by atoms with Crippen molar-refractivity contribution in [1.29, 1.82) is 0 Å². The lowest BCUT2D eigenvalue weighted by atomic mass is 10.2. The summed E-state index contributed by atoms with van der Waals surface area (Å²) in [6.07, 6.45) is 0.778. The summed E-state index contributed by atoms with van der Waals surface area (Å²) < 4.78 is 15.6. The fourth-order valence-electron chi connectivity index (χ4n) is 3.72. The maximum absolute atomic E-state index is 14.4. The van der Waals surface area contributed by atoms with E-state index in [4.69, 9.17) is 4.98 Å². The highest BCUT2D eigenvalue weighted by Crippen LogP contribution is 2.42. The minimum absolute atomic E-state index is 0.778. The topological polar surface area (TPSA) is 30.0 Å². The highest BCUT2D eigenvalue weighted by molar-refractivity contribution is 7.85. The summed E-state index contributed by atoms with van der Waals surface area (Å²) in [6.45, 7) is 0. The molecule has 30 heavy (non-hydrogen) atoms. The van der Waals surface area contributed by atoms with Crippen molar-refractivity contribution in [3.63, 3.8) is 0 Å². The second kappa shape index (κ2) is 8.02. The summed E-state index contributed by atoms with van der Waals surface area (Å²) in [7, 11) is -2.92. The molecule has 0 atom stereocenters. The van der Waals surface area contributed by atoms with E-state index in [-0.39, 0.29) is 0 Å². The summed E-state index contributed by atoms with van der Waals surface area (Å²) in [5, 5.41) is 3.66. The molecule has 2 nitrogen and oxygen atoms in total. The lowest BCUT2D eigenvalue weighted by molar-refractivity contribution is 0.592. The number of rotatable bonds is 5. The molecule has 0 fully saturated rings. The molecule has 0 unspecified atom stereocenters. The molecule has 0 aliphatic rings. The number of nitrogens with zero attached hydrogens (tertiary/aromatic N) is 1. The molecule has 5 rings (SSSR count). The Labute approximate surface area is 180 Å². The number of aromatic nitrogens is 1. The van der Waals surface area contributed by atoms with Crippen LogP contribution in [0.25, 0.3) is 10.2 Å². The molecular formula is C26H20NOPS. The van der Waals surface area contributed by atoms with Gasteiger partial charge in [0.25, 0.3) is 0 Å². The first-order valence-corrected chi connectivity index (χ1v) is 12.4. The van der Waals surface area contributed by atoms with E-state index in [1.165, 1.54) is 10.3 Å². The van der Waals surface area contributed by atoms with Crippen LogP contribution < -0.4 is 15.9 Å². The van der Waals surface area contributed by atoms with Crippen molar-refractivity contribution in [2.24, 2.45) is 0 Å². The van der Waals surface area contributed by atoms with Crippen LogP contribution in [0.4, 0.5) is 0 Å². The van der Waals surface area contributed by atoms with Crippen LogP contribution in [0.2, 0.25) is 0 Å². The van der Waals surface area contributed by atoms with Crippen LogP contribution in [0, 0.1) is 0 Å². The average molecular weight is 425 g/mol. The van der Waals surface area contributed by atoms with Crippen molar-refractivity contribution in [3.8, 4) is 0 Å². The summed E-state index contributed by atoms with van der Waals surface area (Å²) in [4.78, 5) is 4.74. The van der Waals surface area contributed by atoms with Gasteiger partial charge in [-0.2, -0.15) is 0 Å². The summed E-state index contributed by atoms with van der Waals surface area (Å²) in [6, 6.07) is 36.0. The Balaban J connectivity index is 1.51. The average Bonchev–Trinajstić information content (AvgIpc) is 3.22. The summed E-state index contributed by atoms with van der Waals surface area (Å²) in [5.41, 5.74) is 2.22. The second-order valence-electron chi connectivity index (χ2n) is 7.20. The second-order valence-corrected chi connectivity index (χ2v) is 11.1. The molecular weight excluding hydrogens is 405 g/mol. The van der Waals surface area contributed by atoms with Gasteiger partial charge in [-0.05, 0) is 17.7 Å². The van der Waals surface area contributed by atoms with Gasteiger partial charge in [0.05, 0.1) is 15.2 Å². The molecule has 146 valence electrons. The normalized spacial score (nSPS) is 11.6. The van der Waals surface area contributed by atoms with Crippen molar-refractivity contribution >= 4 is 44.6 Å². The highest BCUT2D eigenvalue weighted by atomic mass is 32.1. The number of thiazole rings is 1. The molecule has 0 saturated carbocycles. The maximum Gasteiger partial charge on any atom is 0.171 e. The van der Waals surface area contributed by atoms with E-state index in [2.05, 4.69) is 24.3 Å². The molecule has 0 N–H and O–H groups in total. The van der Waals surface area contributed by atoms with Crippen molar-refractivity contribution in [3.05, 3.63) is 120 Å². The fourth-order valence-corrected chi connectivity index (χ4v) is 7.37. The molecule has 1 aromatic heterocycles. The number of benzene rings is 4. The molecule has 4 aromatic carbocycles. The predicted octanol–water partition coefficient (Wildman–Crippen LogP) is 5.53. The molecule has 0 radical (unpaired) electrons. The highest BCUT2D eigenvalue weighted by Gasteiger charge is 2.29. The number of hydrogen-bond acceptors (Lipinski definition) is 3. The van der Waals surface area contributed by atoms with E-state index in [1.54, 1.807) is 11.3 Å². The SMILES string of the molecule is O=P(c1ccccc1)(c1ccccc1)c1ccc(Cc2nc3ccccc3s2)cc1. The van der Waals surface area contributed by atoms with Crippen molar-refractivity contribution < 1.29 is 4.57 Å². The zero-order valence-corrected chi connectivity index (χ0v) is 18.0. The van der Waals surface area contributed by atoms with Gasteiger partial charge in [-0.15, -0.1) is 11.3 Å². The third-order valence-electron chi connectivity index (χ3n) is 5.23. The molecule has 0 saturated heterocycles. The predicted molar refractivity (Wildman–Crippen MR) is 128 cm³/mol. The van der Waals surface area contributed by atoms with Gasteiger partial charge in [-0.1, -0.05) is 97.1 Å². The molecule has 5 aromatic rings. The zero-order valence-electron chi connectivity index (χ0n) is 16.3. The minimum atomic E-state index is -2.92. The Morgan fingerprint density at radius 1 is 0.633 bits per heavy atom. The van der Waals surface area contributed by atoms with Crippen LogP contribution >= 0.6 is 18.5 Å². The number of para-hydroxylation sites is 1. The summed E-state index contributed by atoms with van der Waals surface area (Å²) in [5.74, 6) is 0. The van der Waals surface area contributed by atoms with E-state index in [0.717, 1.165) is 32.9 Å². The first-order valence-electron chi connectivity index (χ1n) is 9.89. The maximum atomic E-state index is 14.4. The van der Waals surface area contributed by atoms with Crippen molar-refractivity contribution in [2.45, 2.75) is 6.42 Å². The molecule has 0 aliphatic carbocycles. The third kappa shape index (κ3) is 3.52. The number of hydrogen-bond donors (Lipinski definition) is 0. The van der Waals surface area contributed by atoms with E-state index in [1.807, 2.05) is 84.9 Å². The van der Waals surface area contributed by atoms with Gasteiger partial charge in [0.15, 0.2) is 7.14 Å². The molecule has 0 aliphatic heterocycles. The smallest absolute Gasteiger partial charge is 0.171 e. The fraction of sp³-hybridized carbons (Fsp3) is 0.0385. The largest absolute Gasteiger partial charge is 0.309 e. The van der Waals surface area contributed by atoms with Gasteiger partial charge >= 0.3 is 0 Å². The van der Waals surface area contributed by atoms with Crippen LogP contribution in [0.5, 0.6) is 0 Å². The molecule has 0 spiro atoms. The summed E-state index contributed by atoms with van der Waals surface area (Å²) >= 11 is 1.73.